The molecule has 166 valence electrons. The molecular formula is C26H20N6O2. The normalized spacial score (nSPS) is 11.4. The Kier molecular flexibility index (Phi) is 4.76. The first-order valence-electron chi connectivity index (χ1n) is 11.0. The number of carbonyl (C=O) groups excluding carboxylic acids is 1. The molecule has 0 unspecified atom stereocenters. The highest BCUT2D eigenvalue weighted by Gasteiger charge is 2.19. The van der Waals surface area contributed by atoms with E-state index >= 15 is 0 Å². The van der Waals surface area contributed by atoms with Crippen LogP contribution in [0.4, 0.5) is 5.69 Å². The number of aryl methyl sites for hydroxylation is 2. The summed E-state index contributed by atoms with van der Waals surface area (Å²) in [4.78, 5) is 26.3. The van der Waals surface area contributed by atoms with Crippen molar-refractivity contribution < 1.29 is 9.32 Å². The summed E-state index contributed by atoms with van der Waals surface area (Å²) in [5.74, 6) is 1.60. The number of anilines is 1. The summed E-state index contributed by atoms with van der Waals surface area (Å²) in [5, 5.41) is 9.10. The number of para-hydroxylation sites is 2. The number of benzene rings is 2. The zero-order valence-corrected chi connectivity index (χ0v) is 18.4. The van der Waals surface area contributed by atoms with E-state index in [2.05, 4.69) is 24.8 Å². The average Bonchev–Trinajstić information content (AvgIpc) is 3.47. The van der Waals surface area contributed by atoms with Gasteiger partial charge in [-0.05, 0) is 31.2 Å². The number of aromatic nitrogens is 5. The lowest BCUT2D eigenvalue weighted by Gasteiger charge is -2.09. The van der Waals surface area contributed by atoms with Crippen molar-refractivity contribution >= 4 is 38.9 Å². The van der Waals surface area contributed by atoms with Crippen LogP contribution in [0.2, 0.25) is 0 Å². The highest BCUT2D eigenvalue weighted by Crippen LogP contribution is 2.36. The molecule has 0 spiro atoms. The molecule has 6 rings (SSSR count). The van der Waals surface area contributed by atoms with Crippen molar-refractivity contribution in [2.45, 2.75) is 19.8 Å². The Hall–Kier alpha value is -4.59. The molecule has 8 nitrogen and oxygen atoms in total. The minimum absolute atomic E-state index is 0.127. The molecule has 0 bridgehead atoms. The molecule has 34 heavy (non-hydrogen) atoms. The number of hydrogen-bond donors (Lipinski definition) is 1. The van der Waals surface area contributed by atoms with Crippen LogP contribution in [0.3, 0.4) is 0 Å². The van der Waals surface area contributed by atoms with Gasteiger partial charge in [-0.15, -0.1) is 0 Å². The molecular weight excluding hydrogens is 428 g/mol. The van der Waals surface area contributed by atoms with Crippen LogP contribution in [-0.2, 0) is 11.2 Å². The fourth-order valence-electron chi connectivity index (χ4n) is 4.34. The van der Waals surface area contributed by atoms with Crippen molar-refractivity contribution in [3.63, 3.8) is 0 Å². The van der Waals surface area contributed by atoms with Gasteiger partial charge in [-0.1, -0.05) is 41.6 Å². The number of carbonyl (C=O) groups is 1. The van der Waals surface area contributed by atoms with Gasteiger partial charge in [-0.3, -0.25) is 14.2 Å². The van der Waals surface area contributed by atoms with E-state index < -0.39 is 0 Å². The molecule has 0 radical (unpaired) electrons. The van der Waals surface area contributed by atoms with Crippen LogP contribution in [0.25, 0.3) is 38.7 Å². The molecule has 8 heteroatoms. The Morgan fingerprint density at radius 1 is 1.00 bits per heavy atom. The first-order chi connectivity index (χ1) is 16.7. The molecule has 0 saturated heterocycles. The third-order valence-corrected chi connectivity index (χ3v) is 5.86. The first kappa shape index (κ1) is 20.0. The highest BCUT2D eigenvalue weighted by atomic mass is 16.5. The number of pyridine rings is 1. The lowest BCUT2D eigenvalue weighted by molar-refractivity contribution is -0.116. The van der Waals surface area contributed by atoms with Crippen molar-refractivity contribution in [1.82, 2.24) is 24.5 Å². The average molecular weight is 448 g/mol. The number of rotatable bonds is 5. The molecule has 2 aromatic carbocycles. The fourth-order valence-corrected chi connectivity index (χ4v) is 4.34. The Labute approximate surface area is 194 Å². The maximum absolute atomic E-state index is 13.0. The summed E-state index contributed by atoms with van der Waals surface area (Å²) in [6.07, 6.45) is 3.91. The zero-order valence-electron chi connectivity index (χ0n) is 18.4. The molecule has 4 aromatic heterocycles. The largest absolute Gasteiger partial charge is 0.339 e. The van der Waals surface area contributed by atoms with Crippen molar-refractivity contribution in [2.75, 3.05) is 5.32 Å². The van der Waals surface area contributed by atoms with Gasteiger partial charge in [-0.2, -0.15) is 4.98 Å². The topological polar surface area (TPSA) is 98.2 Å². The second kappa shape index (κ2) is 8.08. The van der Waals surface area contributed by atoms with Crippen LogP contribution in [0, 0.1) is 6.92 Å². The summed E-state index contributed by atoms with van der Waals surface area (Å²) in [6.45, 7) is 1.98. The van der Waals surface area contributed by atoms with Crippen molar-refractivity contribution in [3.05, 3.63) is 84.8 Å². The Morgan fingerprint density at radius 2 is 1.82 bits per heavy atom. The molecule has 0 aliphatic carbocycles. The predicted molar refractivity (Wildman–Crippen MR) is 129 cm³/mol. The number of amides is 1. The summed E-state index contributed by atoms with van der Waals surface area (Å²) < 4.78 is 7.44. The molecule has 4 heterocycles. The minimum Gasteiger partial charge on any atom is -0.339 e. The van der Waals surface area contributed by atoms with E-state index in [4.69, 9.17) is 9.51 Å². The number of nitrogens with zero attached hydrogens (tertiary/aromatic N) is 5. The van der Waals surface area contributed by atoms with Crippen LogP contribution in [-0.4, -0.2) is 30.4 Å². The van der Waals surface area contributed by atoms with Gasteiger partial charge in [0.05, 0.1) is 22.2 Å². The lowest BCUT2D eigenvalue weighted by atomic mass is 10.1. The van der Waals surface area contributed by atoms with Gasteiger partial charge in [0.2, 0.25) is 17.6 Å². The molecule has 0 aliphatic heterocycles. The van der Waals surface area contributed by atoms with Gasteiger partial charge in [0.15, 0.2) is 0 Å². The maximum Gasteiger partial charge on any atom is 0.227 e. The maximum atomic E-state index is 13.0. The minimum atomic E-state index is -0.127. The van der Waals surface area contributed by atoms with E-state index in [0.717, 1.165) is 44.4 Å². The first-order valence-corrected chi connectivity index (χ1v) is 11.0. The summed E-state index contributed by atoms with van der Waals surface area (Å²) in [6, 6.07) is 19.7. The highest BCUT2D eigenvalue weighted by molar-refractivity contribution is 6.16. The molecule has 1 amide bonds. The van der Waals surface area contributed by atoms with Crippen LogP contribution >= 0.6 is 0 Å². The molecule has 0 atom stereocenters. The van der Waals surface area contributed by atoms with Crippen LogP contribution in [0.1, 0.15) is 18.1 Å². The van der Waals surface area contributed by atoms with E-state index in [0.29, 0.717) is 18.1 Å². The van der Waals surface area contributed by atoms with Gasteiger partial charge in [-0.25, -0.2) is 4.98 Å². The van der Waals surface area contributed by atoms with Crippen LogP contribution in [0.5, 0.6) is 0 Å². The Morgan fingerprint density at radius 3 is 2.68 bits per heavy atom. The molecule has 0 fully saturated rings. The van der Waals surface area contributed by atoms with Crippen LogP contribution in [0.15, 0.2) is 77.6 Å². The van der Waals surface area contributed by atoms with Crippen molar-refractivity contribution in [2.24, 2.45) is 0 Å². The van der Waals surface area contributed by atoms with Gasteiger partial charge < -0.3 is 9.84 Å². The third kappa shape index (κ3) is 3.36. The molecule has 0 aliphatic rings. The fraction of sp³-hybridized carbons (Fsp3) is 0.115. The van der Waals surface area contributed by atoms with Gasteiger partial charge in [0, 0.05) is 41.6 Å². The SMILES string of the molecule is Cc1nc2ccccc2c2c(NC(=O)CCc3nc(-c4cccnc4)no3)c3ccccc3n12. The smallest absolute Gasteiger partial charge is 0.227 e. The Bertz CT molecular complexity index is 1670. The van der Waals surface area contributed by atoms with Crippen LogP contribution < -0.4 is 5.32 Å². The van der Waals surface area contributed by atoms with E-state index in [1.54, 1.807) is 12.4 Å². The Balaban J connectivity index is 1.33. The number of hydrogen-bond acceptors (Lipinski definition) is 6. The zero-order chi connectivity index (χ0) is 23.1. The van der Waals surface area contributed by atoms with E-state index in [9.17, 15) is 4.79 Å². The summed E-state index contributed by atoms with van der Waals surface area (Å²) >= 11 is 0. The van der Waals surface area contributed by atoms with E-state index in [1.807, 2.05) is 67.6 Å². The molecule has 6 aromatic rings. The standard InChI is InChI=1S/C26H20N6O2/c1-16-28-20-10-4-2-8-18(20)25-24(19-9-3-5-11-21(19)32(16)25)29-22(33)12-13-23-30-26(31-34-23)17-7-6-14-27-15-17/h2-11,14-15H,12-13H2,1H3,(H,29,33). The second-order valence-electron chi connectivity index (χ2n) is 8.05. The molecule has 1 N–H and O–H groups in total. The summed E-state index contributed by atoms with van der Waals surface area (Å²) in [5.41, 5.74) is 4.38. The predicted octanol–water partition coefficient (Wildman–Crippen LogP) is 4.97. The molecule has 0 saturated carbocycles. The second-order valence-corrected chi connectivity index (χ2v) is 8.05. The van der Waals surface area contributed by atoms with Crippen molar-refractivity contribution in [1.29, 1.82) is 0 Å². The number of fused-ring (bicyclic) bond motifs is 5. The third-order valence-electron chi connectivity index (χ3n) is 5.86. The van der Waals surface area contributed by atoms with Crippen molar-refractivity contribution in [3.8, 4) is 11.4 Å². The monoisotopic (exact) mass is 448 g/mol. The quantitative estimate of drug-likeness (QED) is 0.400. The lowest BCUT2D eigenvalue weighted by Crippen LogP contribution is -2.12. The summed E-state index contributed by atoms with van der Waals surface area (Å²) in [7, 11) is 0. The van der Waals surface area contributed by atoms with Gasteiger partial charge >= 0.3 is 0 Å². The van der Waals surface area contributed by atoms with E-state index in [1.165, 1.54) is 0 Å². The van der Waals surface area contributed by atoms with E-state index in [-0.39, 0.29) is 12.3 Å². The van der Waals surface area contributed by atoms with Gasteiger partial charge in [0.1, 0.15) is 5.82 Å². The number of nitrogens with one attached hydrogen (secondary N) is 1. The van der Waals surface area contributed by atoms with Gasteiger partial charge in [0.25, 0.3) is 0 Å².